The summed E-state index contributed by atoms with van der Waals surface area (Å²) in [6.45, 7) is 6.68. The molecule has 0 spiro atoms. The molecule has 1 aromatic rings. The van der Waals surface area contributed by atoms with Crippen LogP contribution in [0.4, 0.5) is 10.1 Å². The minimum atomic E-state index is -0.112. The Morgan fingerprint density at radius 2 is 2.28 bits per heavy atom. The molecule has 3 rings (SSSR count). The Morgan fingerprint density at radius 1 is 1.44 bits per heavy atom. The van der Waals surface area contributed by atoms with Gasteiger partial charge in [-0.2, -0.15) is 0 Å². The Balaban J connectivity index is 0.00000120. The summed E-state index contributed by atoms with van der Waals surface area (Å²) in [5, 5.41) is 3.43. The first-order chi connectivity index (χ1) is 8.16. The summed E-state index contributed by atoms with van der Waals surface area (Å²) < 4.78 is 13.1. The highest BCUT2D eigenvalue weighted by Gasteiger charge is 2.32. The van der Waals surface area contributed by atoms with Crippen LogP contribution in [0.3, 0.4) is 0 Å². The molecule has 0 radical (unpaired) electrons. The third-order valence-corrected chi connectivity index (χ3v) is 4.06. The fourth-order valence-electron chi connectivity index (χ4n) is 3.07. The van der Waals surface area contributed by atoms with E-state index in [1.165, 1.54) is 17.7 Å². The zero-order chi connectivity index (χ0) is 11.9. The Morgan fingerprint density at radius 3 is 3.00 bits per heavy atom. The molecule has 0 saturated carbocycles. The molecule has 2 nitrogen and oxygen atoms in total. The molecular formula is C14H20ClFN2. The van der Waals surface area contributed by atoms with E-state index in [-0.39, 0.29) is 18.2 Å². The molecule has 18 heavy (non-hydrogen) atoms. The van der Waals surface area contributed by atoms with Gasteiger partial charge in [-0.15, -0.1) is 12.4 Å². The number of nitrogens with one attached hydrogen (secondary N) is 1. The maximum absolute atomic E-state index is 13.1. The van der Waals surface area contributed by atoms with E-state index in [1.807, 2.05) is 6.07 Å². The van der Waals surface area contributed by atoms with Gasteiger partial charge in [0.25, 0.3) is 0 Å². The molecule has 0 amide bonds. The average molecular weight is 271 g/mol. The third-order valence-electron chi connectivity index (χ3n) is 4.06. The lowest BCUT2D eigenvalue weighted by Gasteiger charge is -2.30. The Hall–Kier alpha value is -0.800. The molecule has 1 saturated heterocycles. The van der Waals surface area contributed by atoms with Crippen LogP contribution in [0.2, 0.25) is 0 Å². The molecule has 1 N–H and O–H groups in total. The number of benzene rings is 1. The van der Waals surface area contributed by atoms with Gasteiger partial charge >= 0.3 is 0 Å². The molecule has 0 bridgehead atoms. The number of anilines is 1. The topological polar surface area (TPSA) is 15.3 Å². The molecule has 2 heterocycles. The monoisotopic (exact) mass is 270 g/mol. The number of hydrogen-bond donors (Lipinski definition) is 1. The van der Waals surface area contributed by atoms with Gasteiger partial charge in [0.15, 0.2) is 0 Å². The van der Waals surface area contributed by atoms with Crippen LogP contribution >= 0.6 is 12.4 Å². The molecule has 0 aromatic heterocycles. The van der Waals surface area contributed by atoms with Gasteiger partial charge in [-0.1, -0.05) is 6.92 Å². The van der Waals surface area contributed by atoms with Crippen LogP contribution in [-0.2, 0) is 6.42 Å². The molecule has 0 aliphatic carbocycles. The van der Waals surface area contributed by atoms with Crippen LogP contribution in [0, 0.1) is 11.2 Å². The van der Waals surface area contributed by atoms with Gasteiger partial charge in [-0.05, 0) is 48.6 Å². The highest BCUT2D eigenvalue weighted by Crippen LogP contribution is 2.33. The lowest BCUT2D eigenvalue weighted by Crippen LogP contribution is -2.36. The van der Waals surface area contributed by atoms with Crippen LogP contribution in [0.5, 0.6) is 0 Å². The normalized spacial score (nSPS) is 26.0. The van der Waals surface area contributed by atoms with Crippen molar-refractivity contribution in [2.24, 2.45) is 5.41 Å². The number of hydrogen-bond acceptors (Lipinski definition) is 2. The molecule has 1 atom stereocenters. The SMILES string of the molecule is CC1(CN2CCc3cc(F)ccc32)CCNC1.Cl. The first-order valence-corrected chi connectivity index (χ1v) is 6.40. The summed E-state index contributed by atoms with van der Waals surface area (Å²) in [7, 11) is 0. The van der Waals surface area contributed by atoms with Crippen LogP contribution in [0.1, 0.15) is 18.9 Å². The van der Waals surface area contributed by atoms with Gasteiger partial charge in [0, 0.05) is 25.3 Å². The summed E-state index contributed by atoms with van der Waals surface area (Å²) in [4.78, 5) is 2.42. The second-order valence-corrected chi connectivity index (χ2v) is 5.68. The van der Waals surface area contributed by atoms with Gasteiger partial charge in [-0.3, -0.25) is 0 Å². The van der Waals surface area contributed by atoms with E-state index in [0.29, 0.717) is 5.41 Å². The Bertz CT molecular complexity index is 430. The molecule has 1 aromatic carbocycles. The quantitative estimate of drug-likeness (QED) is 0.889. The largest absolute Gasteiger partial charge is 0.370 e. The minimum Gasteiger partial charge on any atom is -0.370 e. The Labute approximate surface area is 114 Å². The van der Waals surface area contributed by atoms with Gasteiger partial charge in [0.1, 0.15) is 5.82 Å². The summed E-state index contributed by atoms with van der Waals surface area (Å²) in [6.07, 6.45) is 2.22. The lowest BCUT2D eigenvalue weighted by atomic mass is 9.89. The molecule has 1 unspecified atom stereocenters. The average Bonchev–Trinajstić information content (AvgIpc) is 2.87. The third kappa shape index (κ3) is 2.47. The molecule has 2 aliphatic rings. The van der Waals surface area contributed by atoms with E-state index in [4.69, 9.17) is 0 Å². The number of nitrogens with zero attached hydrogens (tertiary/aromatic N) is 1. The summed E-state index contributed by atoms with van der Waals surface area (Å²) in [5.41, 5.74) is 2.77. The molecule has 1 fully saturated rings. The second kappa shape index (κ2) is 5.06. The molecule has 4 heteroatoms. The fourth-order valence-corrected chi connectivity index (χ4v) is 3.07. The molecule has 2 aliphatic heterocycles. The number of fused-ring (bicyclic) bond motifs is 1. The predicted molar refractivity (Wildman–Crippen MR) is 75.2 cm³/mol. The van der Waals surface area contributed by atoms with Crippen molar-refractivity contribution in [3.8, 4) is 0 Å². The highest BCUT2D eigenvalue weighted by atomic mass is 35.5. The van der Waals surface area contributed by atoms with Crippen molar-refractivity contribution in [1.82, 2.24) is 5.32 Å². The van der Waals surface area contributed by atoms with E-state index in [1.54, 1.807) is 12.1 Å². The van der Waals surface area contributed by atoms with E-state index < -0.39 is 0 Å². The highest BCUT2D eigenvalue weighted by molar-refractivity contribution is 5.85. The van der Waals surface area contributed by atoms with Gasteiger partial charge in [-0.25, -0.2) is 4.39 Å². The van der Waals surface area contributed by atoms with Crippen LogP contribution in [-0.4, -0.2) is 26.2 Å². The van der Waals surface area contributed by atoms with Crippen molar-refractivity contribution in [3.05, 3.63) is 29.6 Å². The van der Waals surface area contributed by atoms with E-state index in [2.05, 4.69) is 17.1 Å². The zero-order valence-electron chi connectivity index (χ0n) is 10.7. The standard InChI is InChI=1S/C14H19FN2.ClH/c1-14(5-6-16-9-14)10-17-7-4-11-8-12(15)2-3-13(11)17;/h2-3,8,16H,4-7,9-10H2,1H3;1H. The second-order valence-electron chi connectivity index (χ2n) is 5.68. The molecular weight excluding hydrogens is 251 g/mol. The van der Waals surface area contributed by atoms with E-state index in [9.17, 15) is 4.39 Å². The summed E-state index contributed by atoms with van der Waals surface area (Å²) >= 11 is 0. The van der Waals surface area contributed by atoms with Crippen molar-refractivity contribution in [2.75, 3.05) is 31.1 Å². The van der Waals surface area contributed by atoms with Gasteiger partial charge < -0.3 is 10.2 Å². The summed E-state index contributed by atoms with van der Waals surface area (Å²) in [5.74, 6) is -0.112. The predicted octanol–water partition coefficient (Wildman–Crippen LogP) is 2.61. The van der Waals surface area contributed by atoms with Crippen LogP contribution < -0.4 is 10.2 Å². The van der Waals surface area contributed by atoms with Gasteiger partial charge in [0.2, 0.25) is 0 Å². The lowest BCUT2D eigenvalue weighted by molar-refractivity contribution is 0.367. The first-order valence-electron chi connectivity index (χ1n) is 6.40. The summed E-state index contributed by atoms with van der Waals surface area (Å²) in [6, 6.07) is 5.19. The van der Waals surface area contributed by atoms with Crippen LogP contribution in [0.25, 0.3) is 0 Å². The molecule has 100 valence electrons. The zero-order valence-corrected chi connectivity index (χ0v) is 11.5. The van der Waals surface area contributed by atoms with Crippen molar-refractivity contribution in [1.29, 1.82) is 0 Å². The maximum Gasteiger partial charge on any atom is 0.123 e. The van der Waals surface area contributed by atoms with Crippen molar-refractivity contribution < 1.29 is 4.39 Å². The first kappa shape index (κ1) is 13.6. The minimum absolute atomic E-state index is 0. The van der Waals surface area contributed by atoms with Crippen molar-refractivity contribution in [2.45, 2.75) is 19.8 Å². The van der Waals surface area contributed by atoms with E-state index in [0.717, 1.165) is 32.6 Å². The van der Waals surface area contributed by atoms with Crippen molar-refractivity contribution >= 4 is 18.1 Å². The van der Waals surface area contributed by atoms with Gasteiger partial charge in [0.05, 0.1) is 0 Å². The number of rotatable bonds is 2. The maximum atomic E-state index is 13.1. The smallest absolute Gasteiger partial charge is 0.123 e. The Kier molecular flexibility index (Phi) is 3.83. The fraction of sp³-hybridized carbons (Fsp3) is 0.571. The van der Waals surface area contributed by atoms with E-state index >= 15 is 0 Å². The number of halogens is 2. The van der Waals surface area contributed by atoms with Crippen LogP contribution in [0.15, 0.2) is 18.2 Å². The van der Waals surface area contributed by atoms with Crippen molar-refractivity contribution in [3.63, 3.8) is 0 Å².